The molecule has 1 heterocycles. The van der Waals surface area contributed by atoms with E-state index in [0.29, 0.717) is 12.8 Å². The molecule has 1 aliphatic heterocycles. The molecule has 0 aromatic heterocycles. The molecule has 2 aliphatic rings. The Morgan fingerprint density at radius 2 is 1.83 bits per heavy atom. The summed E-state index contributed by atoms with van der Waals surface area (Å²) in [4.78, 5) is 37.8. The minimum atomic E-state index is -4.82. The Morgan fingerprint density at radius 1 is 1.20 bits per heavy atom. The van der Waals surface area contributed by atoms with Gasteiger partial charge in [-0.3, -0.25) is 14.5 Å². The number of rotatable bonds is 6. The molecule has 1 aromatic rings. The lowest BCUT2D eigenvalue weighted by molar-refractivity contribution is -0.274. The first-order valence-corrected chi connectivity index (χ1v) is 9.54. The average Bonchev–Trinajstić information content (AvgIpc) is 2.90. The van der Waals surface area contributed by atoms with Crippen LogP contribution in [0.15, 0.2) is 24.3 Å². The lowest BCUT2D eigenvalue weighted by Gasteiger charge is -2.30. The van der Waals surface area contributed by atoms with Crippen molar-refractivity contribution in [3.63, 3.8) is 0 Å². The molecule has 1 aromatic carbocycles. The number of carbonyl (C=O) groups is 3. The van der Waals surface area contributed by atoms with Gasteiger partial charge in [0.15, 0.2) is 0 Å². The number of alkyl halides is 3. The summed E-state index contributed by atoms with van der Waals surface area (Å²) in [5, 5.41) is 15.2. The molecule has 1 aliphatic carbocycles. The van der Waals surface area contributed by atoms with E-state index in [-0.39, 0.29) is 12.1 Å². The van der Waals surface area contributed by atoms with Crippen LogP contribution in [0.2, 0.25) is 0 Å². The zero-order valence-corrected chi connectivity index (χ0v) is 16.0. The third kappa shape index (κ3) is 5.02. The summed E-state index contributed by atoms with van der Waals surface area (Å²) in [6.45, 7) is -0.718. The molecule has 3 rings (SSSR count). The van der Waals surface area contributed by atoms with Gasteiger partial charge in [-0.15, -0.1) is 13.2 Å². The number of benzene rings is 1. The van der Waals surface area contributed by atoms with Crippen molar-refractivity contribution in [2.75, 3.05) is 13.1 Å². The summed E-state index contributed by atoms with van der Waals surface area (Å²) < 4.78 is 40.3. The molecule has 0 unspecified atom stereocenters. The number of hydrogen-bond donors (Lipinski definition) is 3. The van der Waals surface area contributed by atoms with Gasteiger partial charge in [0.05, 0.1) is 6.10 Å². The number of aliphatic hydroxyl groups is 1. The normalized spacial score (nSPS) is 19.5. The molecule has 0 radical (unpaired) electrons. The predicted octanol–water partition coefficient (Wildman–Crippen LogP) is 1.99. The van der Waals surface area contributed by atoms with Crippen LogP contribution in [0.1, 0.15) is 43.8 Å². The van der Waals surface area contributed by atoms with Crippen LogP contribution >= 0.6 is 0 Å². The van der Waals surface area contributed by atoms with Crippen LogP contribution in [-0.2, 0) is 9.59 Å². The fourth-order valence-corrected chi connectivity index (χ4v) is 3.73. The summed E-state index contributed by atoms with van der Waals surface area (Å²) in [5.74, 6) is -1.48. The quantitative estimate of drug-likeness (QED) is 0.600. The Morgan fingerprint density at radius 3 is 2.43 bits per heavy atom. The summed E-state index contributed by atoms with van der Waals surface area (Å²) in [6, 6.07) is 3.96. The molecule has 4 amide bonds. The minimum Gasteiger partial charge on any atom is -0.406 e. The number of amides is 4. The van der Waals surface area contributed by atoms with Crippen LogP contribution < -0.4 is 15.4 Å². The van der Waals surface area contributed by atoms with Crippen molar-refractivity contribution in [3.05, 3.63) is 29.8 Å². The van der Waals surface area contributed by atoms with Gasteiger partial charge in [0.1, 0.15) is 17.8 Å². The lowest BCUT2D eigenvalue weighted by atomic mass is 9.82. The number of halogens is 3. The monoisotopic (exact) mass is 429 g/mol. The maximum atomic E-state index is 12.6. The van der Waals surface area contributed by atoms with E-state index >= 15 is 0 Å². The molecular formula is C19H22F3N3O5. The summed E-state index contributed by atoms with van der Waals surface area (Å²) >= 11 is 0. The van der Waals surface area contributed by atoms with Crippen molar-refractivity contribution in [2.45, 2.75) is 50.1 Å². The van der Waals surface area contributed by atoms with Crippen molar-refractivity contribution in [1.82, 2.24) is 15.5 Å². The summed E-state index contributed by atoms with van der Waals surface area (Å²) in [7, 11) is 0. The van der Waals surface area contributed by atoms with Gasteiger partial charge in [-0.05, 0) is 30.5 Å². The number of nitrogens with one attached hydrogen (secondary N) is 2. The van der Waals surface area contributed by atoms with Crippen LogP contribution in [0, 0.1) is 0 Å². The van der Waals surface area contributed by atoms with Crippen molar-refractivity contribution in [3.8, 4) is 5.75 Å². The van der Waals surface area contributed by atoms with Gasteiger partial charge in [-0.25, -0.2) is 4.79 Å². The minimum absolute atomic E-state index is 0.243. The molecule has 30 heavy (non-hydrogen) atoms. The molecule has 2 fully saturated rings. The van der Waals surface area contributed by atoms with Crippen LogP contribution in [0.25, 0.3) is 0 Å². The fraction of sp³-hybridized carbons (Fsp3) is 0.526. The largest absolute Gasteiger partial charge is 0.573 e. The van der Waals surface area contributed by atoms with Crippen molar-refractivity contribution in [2.24, 2.45) is 0 Å². The second-order valence-electron chi connectivity index (χ2n) is 7.40. The molecule has 11 heteroatoms. The number of imide groups is 1. The molecule has 3 N–H and O–H groups in total. The highest BCUT2D eigenvalue weighted by Gasteiger charge is 2.51. The van der Waals surface area contributed by atoms with Crippen LogP contribution in [0.5, 0.6) is 5.75 Å². The molecule has 1 saturated heterocycles. The van der Waals surface area contributed by atoms with Gasteiger partial charge < -0.3 is 20.5 Å². The smallest absolute Gasteiger partial charge is 0.406 e. The van der Waals surface area contributed by atoms with Gasteiger partial charge in [0.2, 0.25) is 5.91 Å². The average molecular weight is 429 g/mol. The van der Waals surface area contributed by atoms with Gasteiger partial charge in [-0.2, -0.15) is 0 Å². The Bertz CT molecular complexity index is 807. The molecule has 8 nitrogen and oxygen atoms in total. The number of aliphatic hydroxyl groups excluding tert-OH is 1. The van der Waals surface area contributed by atoms with Gasteiger partial charge in [0.25, 0.3) is 5.91 Å². The fourth-order valence-electron chi connectivity index (χ4n) is 3.73. The van der Waals surface area contributed by atoms with E-state index in [0.717, 1.165) is 36.3 Å². The summed E-state index contributed by atoms with van der Waals surface area (Å²) in [5.41, 5.74) is -0.656. The van der Waals surface area contributed by atoms with E-state index in [1.54, 1.807) is 0 Å². The SMILES string of the molecule is O=C(CN1C(=O)NC2(CCCCC2)C1=O)NC[C@@H](O)c1ccc(OC(F)(F)F)cc1. The standard InChI is InChI=1S/C19H22F3N3O5/c20-19(21,22)30-13-6-4-12(5-7-13)14(26)10-23-15(27)11-25-16(28)18(24-17(25)29)8-2-1-3-9-18/h4-7,14,26H,1-3,8-11H2,(H,23,27)(H,24,29)/t14-/m1/s1. The number of hydrogen-bond acceptors (Lipinski definition) is 5. The van der Waals surface area contributed by atoms with Gasteiger partial charge >= 0.3 is 12.4 Å². The molecular weight excluding hydrogens is 407 g/mol. The van der Waals surface area contributed by atoms with E-state index in [1.165, 1.54) is 12.1 Å². The third-order valence-corrected chi connectivity index (χ3v) is 5.25. The highest BCUT2D eigenvalue weighted by atomic mass is 19.4. The van der Waals surface area contributed by atoms with E-state index < -0.39 is 48.1 Å². The Hall–Kier alpha value is -2.82. The van der Waals surface area contributed by atoms with E-state index in [4.69, 9.17) is 0 Å². The highest BCUT2D eigenvalue weighted by molar-refractivity contribution is 6.09. The summed E-state index contributed by atoms with van der Waals surface area (Å²) in [6.07, 6.45) is -2.28. The molecule has 0 bridgehead atoms. The van der Waals surface area contributed by atoms with Crippen LogP contribution in [0.4, 0.5) is 18.0 Å². The van der Waals surface area contributed by atoms with Gasteiger partial charge in [0, 0.05) is 6.54 Å². The molecule has 1 atom stereocenters. The molecule has 1 spiro atoms. The second kappa shape index (κ2) is 8.50. The zero-order valence-electron chi connectivity index (χ0n) is 16.0. The molecule has 164 valence electrons. The first-order chi connectivity index (χ1) is 14.1. The predicted molar refractivity (Wildman–Crippen MR) is 97.2 cm³/mol. The van der Waals surface area contributed by atoms with E-state index in [2.05, 4.69) is 15.4 Å². The first kappa shape index (κ1) is 21.9. The maximum Gasteiger partial charge on any atom is 0.573 e. The zero-order chi connectivity index (χ0) is 21.9. The second-order valence-corrected chi connectivity index (χ2v) is 7.40. The third-order valence-electron chi connectivity index (χ3n) is 5.25. The maximum absolute atomic E-state index is 12.6. The van der Waals surface area contributed by atoms with E-state index in [9.17, 15) is 32.7 Å². The number of ether oxygens (including phenoxy) is 1. The Labute approximate surface area is 170 Å². The highest BCUT2D eigenvalue weighted by Crippen LogP contribution is 2.33. The lowest BCUT2D eigenvalue weighted by Crippen LogP contribution is -2.49. The Kier molecular flexibility index (Phi) is 6.20. The van der Waals surface area contributed by atoms with Crippen molar-refractivity contribution >= 4 is 17.8 Å². The van der Waals surface area contributed by atoms with E-state index in [1.807, 2.05) is 0 Å². The first-order valence-electron chi connectivity index (χ1n) is 9.54. The van der Waals surface area contributed by atoms with Gasteiger partial charge in [-0.1, -0.05) is 31.4 Å². The molecule has 1 saturated carbocycles. The van der Waals surface area contributed by atoms with Crippen molar-refractivity contribution in [1.29, 1.82) is 0 Å². The Balaban J connectivity index is 1.50. The number of nitrogens with zero attached hydrogens (tertiary/aromatic N) is 1. The topological polar surface area (TPSA) is 108 Å². The number of urea groups is 1. The van der Waals surface area contributed by atoms with Crippen LogP contribution in [-0.4, -0.2) is 52.8 Å². The van der Waals surface area contributed by atoms with Crippen molar-refractivity contribution < 1.29 is 37.4 Å². The van der Waals surface area contributed by atoms with Crippen LogP contribution in [0.3, 0.4) is 0 Å². The number of carbonyl (C=O) groups excluding carboxylic acids is 3.